The van der Waals surface area contributed by atoms with Crippen LogP contribution in [0.15, 0.2) is 0 Å². The van der Waals surface area contributed by atoms with E-state index in [1.165, 1.54) is 12.8 Å². The molecular weight excluding hydrogens is 198 g/mol. The van der Waals surface area contributed by atoms with E-state index in [9.17, 15) is 0 Å². The van der Waals surface area contributed by atoms with Crippen LogP contribution in [0.25, 0.3) is 0 Å². The molecule has 0 rings (SSSR count). The average molecular weight is 229 g/mol. The number of aliphatic hydroxyl groups excluding tert-OH is 1. The van der Waals surface area contributed by atoms with Crippen LogP contribution in [0.5, 0.6) is 0 Å². The summed E-state index contributed by atoms with van der Waals surface area (Å²) in [5, 5.41) is 12.7. The maximum atomic E-state index is 9.00. The fourth-order valence-electron chi connectivity index (χ4n) is 2.26. The first-order valence-electron chi connectivity index (χ1n) is 6.86. The van der Waals surface area contributed by atoms with Gasteiger partial charge in [0.15, 0.2) is 0 Å². The van der Waals surface area contributed by atoms with Crippen molar-refractivity contribution in [3.63, 3.8) is 0 Å². The van der Waals surface area contributed by atoms with E-state index < -0.39 is 0 Å². The highest BCUT2D eigenvalue weighted by Gasteiger charge is 2.16. The Kier molecular flexibility index (Phi) is 8.96. The predicted molar refractivity (Wildman–Crippen MR) is 71.6 cm³/mol. The van der Waals surface area contributed by atoms with Gasteiger partial charge in [0.25, 0.3) is 0 Å². The second-order valence-corrected chi connectivity index (χ2v) is 5.74. The molecule has 0 aromatic heterocycles. The molecule has 0 aliphatic rings. The first-order chi connectivity index (χ1) is 7.49. The Labute approximate surface area is 102 Å². The van der Waals surface area contributed by atoms with Crippen LogP contribution in [0, 0.1) is 11.8 Å². The van der Waals surface area contributed by atoms with Gasteiger partial charge in [-0.2, -0.15) is 0 Å². The van der Waals surface area contributed by atoms with E-state index in [-0.39, 0.29) is 0 Å². The molecule has 0 spiro atoms. The summed E-state index contributed by atoms with van der Waals surface area (Å²) in [5.41, 5.74) is 0. The van der Waals surface area contributed by atoms with Gasteiger partial charge < -0.3 is 10.4 Å². The molecule has 2 nitrogen and oxygen atoms in total. The van der Waals surface area contributed by atoms with Gasteiger partial charge in [0.1, 0.15) is 0 Å². The summed E-state index contributed by atoms with van der Waals surface area (Å²) in [7, 11) is 0. The molecule has 0 fully saturated rings. The lowest BCUT2D eigenvalue weighted by Gasteiger charge is -2.27. The van der Waals surface area contributed by atoms with Crippen LogP contribution in [0.4, 0.5) is 0 Å². The molecule has 0 radical (unpaired) electrons. The van der Waals surface area contributed by atoms with E-state index in [0.717, 1.165) is 24.7 Å². The lowest BCUT2D eigenvalue weighted by Crippen LogP contribution is -2.40. The van der Waals surface area contributed by atoms with E-state index in [1.54, 1.807) is 0 Å². The Morgan fingerprint density at radius 2 is 1.44 bits per heavy atom. The van der Waals surface area contributed by atoms with Crippen molar-refractivity contribution in [1.82, 2.24) is 5.32 Å². The van der Waals surface area contributed by atoms with Gasteiger partial charge >= 0.3 is 0 Å². The topological polar surface area (TPSA) is 32.3 Å². The first-order valence-corrected chi connectivity index (χ1v) is 6.86. The van der Waals surface area contributed by atoms with Crippen molar-refractivity contribution in [2.45, 2.75) is 72.4 Å². The van der Waals surface area contributed by atoms with E-state index in [0.29, 0.717) is 18.7 Å². The second kappa shape index (κ2) is 9.00. The van der Waals surface area contributed by atoms with Gasteiger partial charge in [-0.15, -0.1) is 0 Å². The highest BCUT2D eigenvalue weighted by Crippen LogP contribution is 2.15. The van der Waals surface area contributed by atoms with Gasteiger partial charge in [-0.05, 0) is 37.5 Å². The summed E-state index contributed by atoms with van der Waals surface area (Å²) in [4.78, 5) is 0. The smallest absolute Gasteiger partial charge is 0.0445 e. The average Bonchev–Trinajstić information content (AvgIpc) is 2.14. The minimum atomic E-state index is 0.293. The molecule has 0 amide bonds. The molecule has 0 bridgehead atoms. The minimum absolute atomic E-state index is 0.293. The monoisotopic (exact) mass is 229 g/mol. The van der Waals surface area contributed by atoms with Crippen molar-refractivity contribution in [3.05, 3.63) is 0 Å². The van der Waals surface area contributed by atoms with Crippen LogP contribution in [-0.4, -0.2) is 23.8 Å². The number of rotatable bonds is 9. The minimum Gasteiger partial charge on any atom is -0.396 e. The van der Waals surface area contributed by atoms with Gasteiger partial charge in [-0.3, -0.25) is 0 Å². The van der Waals surface area contributed by atoms with Gasteiger partial charge in [-0.25, -0.2) is 0 Å². The third kappa shape index (κ3) is 8.12. The Morgan fingerprint density at radius 3 is 1.75 bits per heavy atom. The molecule has 0 aliphatic heterocycles. The molecule has 2 N–H and O–H groups in total. The SMILES string of the molecule is CCC(CCO)NC(CC(C)C)CC(C)C. The summed E-state index contributed by atoms with van der Waals surface area (Å²) in [6, 6.07) is 1.09. The Morgan fingerprint density at radius 1 is 0.938 bits per heavy atom. The van der Waals surface area contributed by atoms with Crippen LogP contribution in [0.3, 0.4) is 0 Å². The summed E-state index contributed by atoms with van der Waals surface area (Å²) >= 11 is 0. The molecule has 0 aromatic carbocycles. The zero-order valence-electron chi connectivity index (χ0n) is 11.8. The highest BCUT2D eigenvalue weighted by molar-refractivity contribution is 4.75. The van der Waals surface area contributed by atoms with Crippen LogP contribution in [0.1, 0.15) is 60.3 Å². The van der Waals surface area contributed by atoms with Crippen molar-refractivity contribution in [2.24, 2.45) is 11.8 Å². The zero-order chi connectivity index (χ0) is 12.6. The molecule has 0 saturated carbocycles. The predicted octanol–water partition coefficient (Wildman–Crippen LogP) is 3.20. The van der Waals surface area contributed by atoms with Gasteiger partial charge in [-0.1, -0.05) is 34.6 Å². The van der Waals surface area contributed by atoms with Crippen molar-refractivity contribution in [1.29, 1.82) is 0 Å². The molecule has 16 heavy (non-hydrogen) atoms. The molecule has 0 saturated heterocycles. The van der Waals surface area contributed by atoms with Gasteiger partial charge in [0, 0.05) is 18.7 Å². The number of hydrogen-bond donors (Lipinski definition) is 2. The van der Waals surface area contributed by atoms with Crippen LogP contribution < -0.4 is 5.32 Å². The van der Waals surface area contributed by atoms with E-state index in [2.05, 4.69) is 39.9 Å². The quantitative estimate of drug-likeness (QED) is 0.636. The van der Waals surface area contributed by atoms with Gasteiger partial charge in [0.05, 0.1) is 0 Å². The maximum absolute atomic E-state index is 9.00. The van der Waals surface area contributed by atoms with Crippen LogP contribution in [0.2, 0.25) is 0 Å². The fourth-order valence-corrected chi connectivity index (χ4v) is 2.26. The molecule has 0 heterocycles. The number of nitrogens with one attached hydrogen (secondary N) is 1. The van der Waals surface area contributed by atoms with Crippen molar-refractivity contribution >= 4 is 0 Å². The molecule has 1 atom stereocenters. The van der Waals surface area contributed by atoms with Crippen LogP contribution in [-0.2, 0) is 0 Å². The summed E-state index contributed by atoms with van der Waals surface area (Å²) in [6.45, 7) is 11.6. The zero-order valence-corrected chi connectivity index (χ0v) is 11.8. The summed E-state index contributed by atoms with van der Waals surface area (Å²) in [5.74, 6) is 1.48. The molecular formula is C14H31NO. The molecule has 1 unspecified atom stereocenters. The lowest BCUT2D eigenvalue weighted by molar-refractivity contribution is 0.243. The number of hydrogen-bond acceptors (Lipinski definition) is 2. The third-order valence-corrected chi connectivity index (χ3v) is 2.95. The second-order valence-electron chi connectivity index (χ2n) is 5.74. The highest BCUT2D eigenvalue weighted by atomic mass is 16.3. The van der Waals surface area contributed by atoms with Crippen molar-refractivity contribution in [3.8, 4) is 0 Å². The number of aliphatic hydroxyl groups is 1. The molecule has 98 valence electrons. The third-order valence-electron chi connectivity index (χ3n) is 2.95. The Balaban J connectivity index is 4.15. The molecule has 2 heteroatoms. The molecule has 0 aromatic rings. The Bertz CT molecular complexity index is 147. The first kappa shape index (κ1) is 15.9. The summed E-state index contributed by atoms with van der Waals surface area (Å²) in [6.07, 6.45) is 4.46. The largest absolute Gasteiger partial charge is 0.396 e. The maximum Gasteiger partial charge on any atom is 0.0445 e. The van der Waals surface area contributed by atoms with Gasteiger partial charge in [0.2, 0.25) is 0 Å². The van der Waals surface area contributed by atoms with Crippen LogP contribution >= 0.6 is 0 Å². The summed E-state index contributed by atoms with van der Waals surface area (Å²) < 4.78 is 0. The standard InChI is InChI=1S/C14H31NO/c1-6-13(7-8-16)15-14(9-11(2)3)10-12(4)5/h11-16H,6-10H2,1-5H3. The van der Waals surface area contributed by atoms with Crippen molar-refractivity contribution < 1.29 is 5.11 Å². The normalized spacial score (nSPS) is 14.1. The van der Waals surface area contributed by atoms with E-state index >= 15 is 0 Å². The lowest BCUT2D eigenvalue weighted by atomic mass is 9.94. The van der Waals surface area contributed by atoms with E-state index in [1.807, 2.05) is 0 Å². The fraction of sp³-hybridized carbons (Fsp3) is 1.00. The van der Waals surface area contributed by atoms with E-state index in [4.69, 9.17) is 5.11 Å². The van der Waals surface area contributed by atoms with Crippen molar-refractivity contribution in [2.75, 3.05) is 6.61 Å². The Hall–Kier alpha value is -0.0800. The molecule has 0 aliphatic carbocycles.